The molecule has 0 fully saturated rings. The normalized spacial score (nSPS) is 15.9. The summed E-state index contributed by atoms with van der Waals surface area (Å²) in [6.07, 6.45) is 2.79. The molecule has 5 nitrogen and oxygen atoms in total. The van der Waals surface area contributed by atoms with E-state index in [0.29, 0.717) is 11.4 Å². The van der Waals surface area contributed by atoms with Crippen LogP contribution in [0.25, 0.3) is 5.70 Å². The minimum atomic E-state index is -0.365. The first-order chi connectivity index (χ1) is 12.8. The fraction of sp³-hybridized carbons (Fsp3) is 0.0476. The molecule has 26 heavy (non-hydrogen) atoms. The largest absolute Gasteiger partial charge is 0.449 e. The molecule has 0 spiro atoms. The van der Waals surface area contributed by atoms with Crippen LogP contribution in [0.2, 0.25) is 0 Å². The SMILES string of the molecule is O=C(NC1=C(c2ccccc2)NC(c2ccccc2)O1)c1cccnc1. The third-order valence-corrected chi connectivity index (χ3v) is 4.05. The molecule has 3 aromatic rings. The van der Waals surface area contributed by atoms with Crippen molar-refractivity contribution >= 4 is 11.6 Å². The molecule has 1 aliphatic heterocycles. The first-order valence-electron chi connectivity index (χ1n) is 8.30. The molecule has 0 bridgehead atoms. The Balaban J connectivity index is 1.64. The second-order valence-electron chi connectivity index (χ2n) is 5.82. The number of amides is 1. The molecular weight excluding hydrogens is 326 g/mol. The van der Waals surface area contributed by atoms with Crippen LogP contribution in [-0.2, 0) is 4.74 Å². The Morgan fingerprint density at radius 2 is 1.69 bits per heavy atom. The van der Waals surface area contributed by atoms with E-state index in [1.54, 1.807) is 18.3 Å². The molecule has 0 saturated heterocycles. The van der Waals surface area contributed by atoms with Gasteiger partial charge in [-0.1, -0.05) is 60.7 Å². The van der Waals surface area contributed by atoms with Gasteiger partial charge in [-0.05, 0) is 12.1 Å². The van der Waals surface area contributed by atoms with Gasteiger partial charge >= 0.3 is 0 Å². The molecule has 1 amide bonds. The summed E-state index contributed by atoms with van der Waals surface area (Å²) in [7, 11) is 0. The maximum absolute atomic E-state index is 12.5. The number of hydrogen-bond acceptors (Lipinski definition) is 4. The summed E-state index contributed by atoms with van der Waals surface area (Å²) in [5.41, 5.74) is 3.13. The average molecular weight is 343 g/mol. The minimum Gasteiger partial charge on any atom is -0.449 e. The summed E-state index contributed by atoms with van der Waals surface area (Å²) in [6, 6.07) is 23.0. The number of ether oxygens (including phenoxy) is 1. The lowest BCUT2D eigenvalue weighted by Crippen LogP contribution is -2.24. The van der Waals surface area contributed by atoms with Crippen LogP contribution in [0.5, 0.6) is 0 Å². The van der Waals surface area contributed by atoms with Crippen molar-refractivity contribution in [3.63, 3.8) is 0 Å². The predicted molar refractivity (Wildman–Crippen MR) is 98.5 cm³/mol. The van der Waals surface area contributed by atoms with Gasteiger partial charge in [-0.3, -0.25) is 15.1 Å². The lowest BCUT2D eigenvalue weighted by atomic mass is 10.1. The Kier molecular flexibility index (Phi) is 4.35. The highest BCUT2D eigenvalue weighted by atomic mass is 16.5. The molecule has 0 aliphatic carbocycles. The standard InChI is InChI=1S/C21H17N3O2/c25-19(17-12-7-13-22-14-17)24-21-18(15-8-3-1-4-9-15)23-20(26-21)16-10-5-2-6-11-16/h1-14,20,23H,(H,24,25). The summed E-state index contributed by atoms with van der Waals surface area (Å²) < 4.78 is 6.02. The van der Waals surface area contributed by atoms with Gasteiger partial charge in [-0.15, -0.1) is 0 Å². The highest BCUT2D eigenvalue weighted by Crippen LogP contribution is 2.30. The monoisotopic (exact) mass is 343 g/mol. The summed E-state index contributed by atoms with van der Waals surface area (Å²) in [5.74, 6) is 0.135. The lowest BCUT2D eigenvalue weighted by Gasteiger charge is -2.13. The van der Waals surface area contributed by atoms with Gasteiger partial charge in [-0.25, -0.2) is 0 Å². The third-order valence-electron chi connectivity index (χ3n) is 4.05. The number of carbonyl (C=O) groups is 1. The van der Waals surface area contributed by atoms with Crippen LogP contribution in [0.4, 0.5) is 0 Å². The van der Waals surface area contributed by atoms with Gasteiger partial charge in [-0.2, -0.15) is 0 Å². The molecule has 2 heterocycles. The first-order valence-corrected chi connectivity index (χ1v) is 8.30. The fourth-order valence-corrected chi connectivity index (χ4v) is 2.77. The van der Waals surface area contributed by atoms with Crippen molar-refractivity contribution in [2.24, 2.45) is 0 Å². The zero-order chi connectivity index (χ0) is 17.8. The highest BCUT2D eigenvalue weighted by Gasteiger charge is 2.28. The van der Waals surface area contributed by atoms with E-state index in [9.17, 15) is 4.79 Å². The molecule has 1 aliphatic rings. The number of carbonyl (C=O) groups excluding carboxylic acids is 1. The molecule has 0 radical (unpaired) electrons. The van der Waals surface area contributed by atoms with Crippen LogP contribution >= 0.6 is 0 Å². The van der Waals surface area contributed by atoms with Crippen LogP contribution in [0, 0.1) is 0 Å². The second kappa shape index (κ2) is 7.11. The van der Waals surface area contributed by atoms with Crippen molar-refractivity contribution in [1.29, 1.82) is 0 Å². The van der Waals surface area contributed by atoms with Gasteiger partial charge in [0.15, 0.2) is 6.23 Å². The maximum Gasteiger partial charge on any atom is 0.259 e. The van der Waals surface area contributed by atoms with E-state index in [-0.39, 0.29) is 12.1 Å². The molecular formula is C21H17N3O2. The number of aromatic nitrogens is 1. The van der Waals surface area contributed by atoms with Gasteiger partial charge in [0, 0.05) is 23.5 Å². The Labute approximate surface area is 151 Å². The van der Waals surface area contributed by atoms with Crippen molar-refractivity contribution in [2.75, 3.05) is 0 Å². The molecule has 1 atom stereocenters. The Hall–Kier alpha value is -3.60. The molecule has 1 unspecified atom stereocenters. The number of pyridine rings is 1. The molecule has 4 rings (SSSR count). The van der Waals surface area contributed by atoms with Crippen LogP contribution in [0.15, 0.2) is 91.1 Å². The maximum atomic E-state index is 12.5. The molecule has 5 heteroatoms. The number of nitrogens with zero attached hydrogens (tertiary/aromatic N) is 1. The summed E-state index contributed by atoms with van der Waals surface area (Å²) >= 11 is 0. The number of benzene rings is 2. The van der Waals surface area contributed by atoms with E-state index >= 15 is 0 Å². The topological polar surface area (TPSA) is 63.2 Å². The zero-order valence-electron chi connectivity index (χ0n) is 13.9. The van der Waals surface area contributed by atoms with Gasteiger partial charge in [0.2, 0.25) is 5.88 Å². The summed E-state index contributed by atoms with van der Waals surface area (Å²) in [6.45, 7) is 0. The second-order valence-corrected chi connectivity index (χ2v) is 5.82. The van der Waals surface area contributed by atoms with E-state index in [2.05, 4.69) is 15.6 Å². The molecule has 2 N–H and O–H groups in total. The average Bonchev–Trinajstić information content (AvgIpc) is 3.14. The van der Waals surface area contributed by atoms with Crippen LogP contribution in [-0.4, -0.2) is 10.9 Å². The Morgan fingerprint density at radius 3 is 2.38 bits per heavy atom. The van der Waals surface area contributed by atoms with Crippen molar-refractivity contribution < 1.29 is 9.53 Å². The van der Waals surface area contributed by atoms with Gasteiger partial charge < -0.3 is 10.1 Å². The molecule has 0 saturated carbocycles. The van der Waals surface area contributed by atoms with E-state index < -0.39 is 0 Å². The minimum absolute atomic E-state index is 0.267. The molecule has 2 aromatic carbocycles. The molecule has 1 aromatic heterocycles. The smallest absolute Gasteiger partial charge is 0.259 e. The van der Waals surface area contributed by atoms with Crippen molar-refractivity contribution in [3.8, 4) is 0 Å². The lowest BCUT2D eigenvalue weighted by molar-refractivity contribution is 0.0850. The van der Waals surface area contributed by atoms with Crippen molar-refractivity contribution in [1.82, 2.24) is 15.6 Å². The van der Waals surface area contributed by atoms with Gasteiger partial charge in [0.25, 0.3) is 5.91 Å². The molecule has 128 valence electrons. The quantitative estimate of drug-likeness (QED) is 0.761. The van der Waals surface area contributed by atoms with Crippen LogP contribution in [0.3, 0.4) is 0 Å². The number of nitrogens with one attached hydrogen (secondary N) is 2. The van der Waals surface area contributed by atoms with E-state index in [1.165, 1.54) is 6.20 Å². The highest BCUT2D eigenvalue weighted by molar-refractivity contribution is 5.95. The zero-order valence-corrected chi connectivity index (χ0v) is 13.9. The summed E-state index contributed by atoms with van der Waals surface area (Å²) in [4.78, 5) is 16.5. The van der Waals surface area contributed by atoms with Crippen LogP contribution in [0.1, 0.15) is 27.7 Å². The van der Waals surface area contributed by atoms with E-state index in [0.717, 1.165) is 16.8 Å². The number of hydrogen-bond donors (Lipinski definition) is 2. The van der Waals surface area contributed by atoms with Crippen molar-refractivity contribution in [2.45, 2.75) is 6.23 Å². The predicted octanol–water partition coefficient (Wildman–Crippen LogP) is 3.46. The van der Waals surface area contributed by atoms with Crippen molar-refractivity contribution in [3.05, 3.63) is 108 Å². The fourth-order valence-electron chi connectivity index (χ4n) is 2.77. The van der Waals surface area contributed by atoms with E-state index in [1.807, 2.05) is 60.7 Å². The van der Waals surface area contributed by atoms with E-state index in [4.69, 9.17) is 4.74 Å². The van der Waals surface area contributed by atoms with Crippen LogP contribution < -0.4 is 10.6 Å². The third kappa shape index (κ3) is 3.28. The Bertz CT molecular complexity index is 925. The summed E-state index contributed by atoms with van der Waals surface area (Å²) in [5, 5.41) is 6.22. The Morgan fingerprint density at radius 1 is 0.962 bits per heavy atom. The first kappa shape index (κ1) is 15.9. The number of rotatable bonds is 4. The van der Waals surface area contributed by atoms with Gasteiger partial charge in [0.1, 0.15) is 5.70 Å². The van der Waals surface area contributed by atoms with Gasteiger partial charge in [0.05, 0.1) is 5.56 Å².